The largest absolute Gasteiger partial charge is 0.452 e. The third-order valence-corrected chi connectivity index (χ3v) is 4.95. The van der Waals surface area contributed by atoms with Crippen LogP contribution in [0, 0.1) is 11.3 Å². The van der Waals surface area contributed by atoms with Gasteiger partial charge < -0.3 is 9.64 Å². The number of rotatable bonds is 8. The van der Waals surface area contributed by atoms with Crippen LogP contribution in [-0.4, -0.2) is 48.3 Å². The van der Waals surface area contributed by atoms with Gasteiger partial charge in [-0.15, -0.1) is 6.58 Å². The van der Waals surface area contributed by atoms with Gasteiger partial charge in [-0.1, -0.05) is 23.7 Å². The molecule has 0 fully saturated rings. The monoisotopic (exact) mass is 451 g/mol. The number of carbonyl (C=O) groups is 4. The van der Waals surface area contributed by atoms with Crippen LogP contribution in [-0.2, 0) is 9.53 Å². The van der Waals surface area contributed by atoms with Gasteiger partial charge in [-0.3, -0.25) is 19.3 Å². The molecule has 0 spiro atoms. The van der Waals surface area contributed by atoms with Gasteiger partial charge in [-0.05, 0) is 36.4 Å². The van der Waals surface area contributed by atoms with E-state index in [1.807, 2.05) is 6.07 Å². The summed E-state index contributed by atoms with van der Waals surface area (Å²) in [5.41, 5.74) is 0.780. The standard InChI is InChI=1S/C23H18ClN3O5/c1-2-10-27-21(29)18-8-7-15(12-19(18)22(27)30)23(31)32-14-20(28)26(11-4-9-25)17-6-3-5-16(24)13-17/h2-3,5-8,12-13H,1,4,10-11,14H2. The lowest BCUT2D eigenvalue weighted by Crippen LogP contribution is -2.35. The molecule has 1 aliphatic rings. The smallest absolute Gasteiger partial charge is 0.338 e. The number of fused-ring (bicyclic) bond motifs is 1. The van der Waals surface area contributed by atoms with Gasteiger partial charge in [0.2, 0.25) is 0 Å². The normalized spacial score (nSPS) is 12.2. The molecule has 0 atom stereocenters. The second-order valence-electron chi connectivity index (χ2n) is 6.78. The topological polar surface area (TPSA) is 108 Å². The van der Waals surface area contributed by atoms with E-state index in [4.69, 9.17) is 21.6 Å². The van der Waals surface area contributed by atoms with Crippen LogP contribution in [0.5, 0.6) is 0 Å². The van der Waals surface area contributed by atoms with E-state index in [9.17, 15) is 19.2 Å². The van der Waals surface area contributed by atoms with Crippen LogP contribution >= 0.6 is 11.6 Å². The zero-order valence-electron chi connectivity index (χ0n) is 16.9. The number of esters is 1. The summed E-state index contributed by atoms with van der Waals surface area (Å²) < 4.78 is 5.13. The van der Waals surface area contributed by atoms with Gasteiger partial charge in [0, 0.05) is 23.8 Å². The minimum absolute atomic E-state index is 0.0319. The second-order valence-corrected chi connectivity index (χ2v) is 7.22. The Balaban J connectivity index is 1.72. The molecule has 3 amide bonds. The van der Waals surface area contributed by atoms with Crippen molar-refractivity contribution in [2.75, 3.05) is 24.6 Å². The summed E-state index contributed by atoms with van der Waals surface area (Å²) in [6.45, 7) is 3.10. The molecule has 2 aromatic carbocycles. The van der Waals surface area contributed by atoms with Crippen molar-refractivity contribution in [1.29, 1.82) is 5.26 Å². The van der Waals surface area contributed by atoms with Crippen molar-refractivity contribution in [2.24, 2.45) is 0 Å². The summed E-state index contributed by atoms with van der Waals surface area (Å²) in [6.07, 6.45) is 1.51. The van der Waals surface area contributed by atoms with Gasteiger partial charge in [0.15, 0.2) is 6.61 Å². The highest BCUT2D eigenvalue weighted by Crippen LogP contribution is 2.24. The summed E-state index contributed by atoms with van der Waals surface area (Å²) in [4.78, 5) is 52.2. The van der Waals surface area contributed by atoms with Crippen molar-refractivity contribution in [2.45, 2.75) is 6.42 Å². The number of hydrogen-bond acceptors (Lipinski definition) is 6. The average Bonchev–Trinajstić information content (AvgIpc) is 3.02. The molecule has 0 aromatic heterocycles. The maximum Gasteiger partial charge on any atom is 0.338 e. The molecule has 0 N–H and O–H groups in total. The van der Waals surface area contributed by atoms with E-state index in [-0.39, 0.29) is 36.2 Å². The number of anilines is 1. The Kier molecular flexibility index (Phi) is 7.03. The van der Waals surface area contributed by atoms with Crippen LogP contribution in [0.3, 0.4) is 0 Å². The van der Waals surface area contributed by atoms with E-state index in [1.54, 1.807) is 24.3 Å². The Morgan fingerprint density at radius 3 is 2.59 bits per heavy atom. The van der Waals surface area contributed by atoms with E-state index >= 15 is 0 Å². The SMILES string of the molecule is C=CCN1C(=O)c2ccc(C(=O)OCC(=O)N(CCC#N)c3cccc(Cl)c3)cc2C1=O. The van der Waals surface area contributed by atoms with Crippen molar-refractivity contribution in [3.05, 3.63) is 76.8 Å². The molecule has 0 saturated heterocycles. The highest BCUT2D eigenvalue weighted by Gasteiger charge is 2.35. The second kappa shape index (κ2) is 9.90. The van der Waals surface area contributed by atoms with E-state index in [0.29, 0.717) is 10.7 Å². The first kappa shape index (κ1) is 22.7. The fourth-order valence-electron chi connectivity index (χ4n) is 3.20. The van der Waals surface area contributed by atoms with Crippen LogP contribution in [0.25, 0.3) is 0 Å². The summed E-state index contributed by atoms with van der Waals surface area (Å²) >= 11 is 5.98. The van der Waals surface area contributed by atoms with E-state index in [1.165, 1.54) is 29.2 Å². The molecule has 162 valence electrons. The molecule has 1 heterocycles. The minimum atomic E-state index is -0.824. The Bertz CT molecular complexity index is 1150. The molecule has 0 radical (unpaired) electrons. The maximum absolute atomic E-state index is 12.7. The number of amides is 3. The fraction of sp³-hybridized carbons (Fsp3) is 0.174. The number of ether oxygens (including phenoxy) is 1. The van der Waals surface area contributed by atoms with Crippen molar-refractivity contribution >= 4 is 41.0 Å². The third kappa shape index (κ3) is 4.68. The zero-order chi connectivity index (χ0) is 23.3. The summed E-state index contributed by atoms with van der Waals surface area (Å²) in [7, 11) is 0. The number of nitrogens with zero attached hydrogens (tertiary/aromatic N) is 3. The minimum Gasteiger partial charge on any atom is -0.452 e. The van der Waals surface area contributed by atoms with Gasteiger partial charge in [0.05, 0.1) is 29.2 Å². The van der Waals surface area contributed by atoms with Crippen molar-refractivity contribution in [3.63, 3.8) is 0 Å². The first-order valence-electron chi connectivity index (χ1n) is 9.58. The van der Waals surface area contributed by atoms with Gasteiger partial charge >= 0.3 is 5.97 Å². The van der Waals surface area contributed by atoms with Crippen molar-refractivity contribution in [3.8, 4) is 6.07 Å². The Morgan fingerprint density at radius 2 is 1.91 bits per heavy atom. The molecule has 0 bridgehead atoms. The lowest BCUT2D eigenvalue weighted by atomic mass is 10.1. The highest BCUT2D eigenvalue weighted by molar-refractivity contribution is 6.31. The van der Waals surface area contributed by atoms with E-state index in [0.717, 1.165) is 4.90 Å². The van der Waals surface area contributed by atoms with Crippen LogP contribution in [0.4, 0.5) is 5.69 Å². The zero-order valence-corrected chi connectivity index (χ0v) is 17.7. The molecular weight excluding hydrogens is 434 g/mol. The molecular formula is C23H18ClN3O5. The predicted octanol–water partition coefficient (Wildman–Crippen LogP) is 3.23. The van der Waals surface area contributed by atoms with Gasteiger partial charge in [-0.25, -0.2) is 4.79 Å². The average molecular weight is 452 g/mol. The number of benzene rings is 2. The third-order valence-electron chi connectivity index (χ3n) is 4.71. The summed E-state index contributed by atoms with van der Waals surface area (Å²) in [5.74, 6) is -2.36. The molecule has 9 heteroatoms. The maximum atomic E-state index is 12.7. The molecule has 2 aromatic rings. The molecule has 3 rings (SSSR count). The number of imide groups is 1. The van der Waals surface area contributed by atoms with Crippen LogP contribution in [0.2, 0.25) is 5.02 Å². The molecule has 0 unspecified atom stereocenters. The summed E-state index contributed by atoms with van der Waals surface area (Å²) in [6, 6.07) is 12.5. The van der Waals surface area contributed by atoms with Crippen LogP contribution < -0.4 is 4.90 Å². The highest BCUT2D eigenvalue weighted by atomic mass is 35.5. The van der Waals surface area contributed by atoms with Crippen LogP contribution in [0.1, 0.15) is 37.5 Å². The lowest BCUT2D eigenvalue weighted by molar-refractivity contribution is -0.121. The first-order chi connectivity index (χ1) is 15.4. The van der Waals surface area contributed by atoms with Gasteiger partial charge in [-0.2, -0.15) is 5.26 Å². The van der Waals surface area contributed by atoms with Gasteiger partial charge in [0.25, 0.3) is 17.7 Å². The summed E-state index contributed by atoms with van der Waals surface area (Å²) in [5, 5.41) is 9.29. The Labute approximate surface area is 189 Å². The van der Waals surface area contributed by atoms with Crippen LogP contribution in [0.15, 0.2) is 55.1 Å². The molecule has 8 nitrogen and oxygen atoms in total. The Hall–Kier alpha value is -3.96. The fourth-order valence-corrected chi connectivity index (χ4v) is 3.39. The molecule has 32 heavy (non-hydrogen) atoms. The number of carbonyl (C=O) groups excluding carboxylic acids is 4. The molecule has 1 aliphatic heterocycles. The molecule has 0 saturated carbocycles. The van der Waals surface area contributed by atoms with E-state index in [2.05, 4.69) is 6.58 Å². The Morgan fingerprint density at radius 1 is 1.16 bits per heavy atom. The molecule has 0 aliphatic carbocycles. The predicted molar refractivity (Wildman–Crippen MR) is 116 cm³/mol. The van der Waals surface area contributed by atoms with Crippen molar-refractivity contribution in [1.82, 2.24) is 4.90 Å². The van der Waals surface area contributed by atoms with Gasteiger partial charge in [0.1, 0.15) is 0 Å². The first-order valence-corrected chi connectivity index (χ1v) is 9.96. The van der Waals surface area contributed by atoms with Crippen molar-refractivity contribution < 1.29 is 23.9 Å². The lowest BCUT2D eigenvalue weighted by Gasteiger charge is -2.21. The number of nitriles is 1. The number of halogens is 1. The number of hydrogen-bond donors (Lipinski definition) is 0. The van der Waals surface area contributed by atoms with E-state index < -0.39 is 30.3 Å². The quantitative estimate of drug-likeness (QED) is 0.346.